The second kappa shape index (κ2) is 7.04. The van der Waals surface area contributed by atoms with Crippen LogP contribution in [-0.2, 0) is 9.53 Å². The van der Waals surface area contributed by atoms with Crippen LogP contribution in [0, 0.1) is 6.92 Å². The second-order valence-corrected chi connectivity index (χ2v) is 5.75. The largest absolute Gasteiger partial charge is 0.469 e. The zero-order chi connectivity index (χ0) is 14.5. The number of methoxy groups -OCH3 is 1. The lowest BCUT2D eigenvalue weighted by atomic mass is 10.2. The summed E-state index contributed by atoms with van der Waals surface area (Å²) < 4.78 is 5.71. The Morgan fingerprint density at radius 1 is 1.35 bits per heavy atom. The van der Waals surface area contributed by atoms with Gasteiger partial charge in [-0.15, -0.1) is 0 Å². The fourth-order valence-corrected chi connectivity index (χ4v) is 2.48. The summed E-state index contributed by atoms with van der Waals surface area (Å²) in [5.74, 6) is 0.885. The van der Waals surface area contributed by atoms with Crippen LogP contribution in [0.3, 0.4) is 0 Å². The number of pyridine rings is 1. The number of nitrogens with zero attached hydrogens (tertiary/aromatic N) is 3. The predicted molar refractivity (Wildman–Crippen MR) is 82.0 cm³/mol. The number of carbonyl (C=O) groups excluding carboxylic acids is 1. The number of piperazine rings is 1. The summed E-state index contributed by atoms with van der Waals surface area (Å²) >= 11 is 3.47. The summed E-state index contributed by atoms with van der Waals surface area (Å²) in [6, 6.07) is 4.09. The third-order valence-corrected chi connectivity index (χ3v) is 4.40. The van der Waals surface area contributed by atoms with Gasteiger partial charge in [-0.3, -0.25) is 9.69 Å². The van der Waals surface area contributed by atoms with Crippen molar-refractivity contribution in [2.75, 3.05) is 44.7 Å². The molecular weight excluding hydrogens is 322 g/mol. The highest BCUT2D eigenvalue weighted by molar-refractivity contribution is 9.10. The van der Waals surface area contributed by atoms with Gasteiger partial charge in [0.2, 0.25) is 0 Å². The first-order valence-corrected chi connectivity index (χ1v) is 7.56. The predicted octanol–water partition coefficient (Wildman–Crippen LogP) is 1.84. The summed E-state index contributed by atoms with van der Waals surface area (Å²) in [5, 5.41) is 0. The molecule has 2 rings (SSSR count). The molecule has 110 valence electrons. The first-order valence-electron chi connectivity index (χ1n) is 6.77. The lowest BCUT2D eigenvalue weighted by molar-refractivity contribution is -0.141. The average Bonchev–Trinajstić information content (AvgIpc) is 2.48. The van der Waals surface area contributed by atoms with E-state index in [0.29, 0.717) is 6.42 Å². The Morgan fingerprint density at radius 3 is 2.65 bits per heavy atom. The molecule has 1 aromatic rings. The van der Waals surface area contributed by atoms with Crippen LogP contribution < -0.4 is 4.90 Å². The maximum Gasteiger partial charge on any atom is 0.306 e. The van der Waals surface area contributed by atoms with Crippen LogP contribution in [-0.4, -0.2) is 55.7 Å². The maximum absolute atomic E-state index is 11.1. The molecule has 2 heterocycles. The Labute approximate surface area is 128 Å². The van der Waals surface area contributed by atoms with Crippen LogP contribution >= 0.6 is 15.9 Å². The van der Waals surface area contributed by atoms with Crippen LogP contribution in [0.25, 0.3) is 0 Å². The molecule has 0 N–H and O–H groups in total. The van der Waals surface area contributed by atoms with Crippen LogP contribution in [0.15, 0.2) is 16.6 Å². The number of halogens is 1. The van der Waals surface area contributed by atoms with Crippen molar-refractivity contribution in [1.29, 1.82) is 0 Å². The van der Waals surface area contributed by atoms with Gasteiger partial charge in [-0.1, -0.05) is 0 Å². The maximum atomic E-state index is 11.1. The summed E-state index contributed by atoms with van der Waals surface area (Å²) in [6.07, 6.45) is 0.464. The average molecular weight is 342 g/mol. The SMILES string of the molecule is COC(=O)CCN1CCN(c2ccc(Br)c(C)n2)CC1. The lowest BCUT2D eigenvalue weighted by Crippen LogP contribution is -2.47. The third kappa shape index (κ3) is 3.93. The van der Waals surface area contributed by atoms with E-state index in [-0.39, 0.29) is 5.97 Å². The number of aromatic nitrogens is 1. The lowest BCUT2D eigenvalue weighted by Gasteiger charge is -2.35. The second-order valence-electron chi connectivity index (χ2n) is 4.89. The normalized spacial score (nSPS) is 16.2. The van der Waals surface area contributed by atoms with E-state index in [2.05, 4.69) is 35.5 Å². The number of carbonyl (C=O) groups is 1. The highest BCUT2D eigenvalue weighted by atomic mass is 79.9. The monoisotopic (exact) mass is 341 g/mol. The Hall–Kier alpha value is -1.14. The standard InChI is InChI=1S/C14H20BrN3O2/c1-11-12(15)3-4-13(16-11)18-9-7-17(8-10-18)6-5-14(19)20-2/h3-4H,5-10H2,1-2H3. The minimum atomic E-state index is -0.141. The molecule has 0 aliphatic carbocycles. The molecule has 6 heteroatoms. The van der Waals surface area contributed by atoms with Gasteiger partial charge >= 0.3 is 5.97 Å². The van der Waals surface area contributed by atoms with Gasteiger partial charge in [0.25, 0.3) is 0 Å². The highest BCUT2D eigenvalue weighted by Gasteiger charge is 2.18. The van der Waals surface area contributed by atoms with Crippen LogP contribution in [0.4, 0.5) is 5.82 Å². The van der Waals surface area contributed by atoms with E-state index in [1.54, 1.807) is 0 Å². The van der Waals surface area contributed by atoms with E-state index in [9.17, 15) is 4.79 Å². The van der Waals surface area contributed by atoms with Crippen LogP contribution in [0.2, 0.25) is 0 Å². The minimum absolute atomic E-state index is 0.141. The topological polar surface area (TPSA) is 45.7 Å². The first kappa shape index (κ1) is 15.3. The Balaban J connectivity index is 1.84. The van der Waals surface area contributed by atoms with Crippen molar-refractivity contribution in [1.82, 2.24) is 9.88 Å². The molecule has 0 amide bonds. The van der Waals surface area contributed by atoms with Crippen LogP contribution in [0.1, 0.15) is 12.1 Å². The number of ether oxygens (including phenoxy) is 1. The summed E-state index contributed by atoms with van der Waals surface area (Å²) in [6.45, 7) is 6.56. The molecule has 1 aliphatic rings. The van der Waals surface area contributed by atoms with Gasteiger partial charge in [0.1, 0.15) is 5.82 Å². The van der Waals surface area contributed by atoms with E-state index in [1.807, 2.05) is 19.1 Å². The fraction of sp³-hybridized carbons (Fsp3) is 0.571. The molecule has 0 radical (unpaired) electrons. The molecule has 1 aliphatic heterocycles. The number of esters is 1. The molecule has 20 heavy (non-hydrogen) atoms. The molecule has 0 atom stereocenters. The number of aryl methyl sites for hydroxylation is 1. The summed E-state index contributed by atoms with van der Waals surface area (Å²) in [7, 11) is 1.43. The van der Waals surface area contributed by atoms with Gasteiger partial charge in [-0.05, 0) is 35.0 Å². The van der Waals surface area contributed by atoms with Gasteiger partial charge in [0.05, 0.1) is 19.2 Å². The van der Waals surface area contributed by atoms with Gasteiger partial charge in [-0.25, -0.2) is 4.98 Å². The van der Waals surface area contributed by atoms with E-state index in [4.69, 9.17) is 0 Å². The van der Waals surface area contributed by atoms with Crippen molar-refractivity contribution >= 4 is 27.7 Å². The molecule has 1 fully saturated rings. The molecule has 0 aromatic carbocycles. The van der Waals surface area contributed by atoms with Crippen molar-refractivity contribution in [3.8, 4) is 0 Å². The van der Waals surface area contributed by atoms with E-state index < -0.39 is 0 Å². The molecule has 5 nitrogen and oxygen atoms in total. The molecule has 1 aromatic heterocycles. The molecular formula is C14H20BrN3O2. The number of hydrogen-bond donors (Lipinski definition) is 0. The van der Waals surface area contributed by atoms with Gasteiger partial charge < -0.3 is 9.64 Å². The smallest absolute Gasteiger partial charge is 0.306 e. The van der Waals surface area contributed by atoms with E-state index in [1.165, 1.54) is 7.11 Å². The van der Waals surface area contributed by atoms with Crippen molar-refractivity contribution < 1.29 is 9.53 Å². The Morgan fingerprint density at radius 2 is 2.05 bits per heavy atom. The quantitative estimate of drug-likeness (QED) is 0.782. The Kier molecular flexibility index (Phi) is 5.37. The molecule has 0 saturated carbocycles. The first-order chi connectivity index (χ1) is 9.60. The van der Waals surface area contributed by atoms with E-state index in [0.717, 1.165) is 48.7 Å². The van der Waals surface area contributed by atoms with Crippen molar-refractivity contribution in [3.63, 3.8) is 0 Å². The number of rotatable bonds is 4. The van der Waals surface area contributed by atoms with Gasteiger partial charge in [0.15, 0.2) is 0 Å². The highest BCUT2D eigenvalue weighted by Crippen LogP contribution is 2.20. The van der Waals surface area contributed by atoms with Crippen molar-refractivity contribution in [3.05, 3.63) is 22.3 Å². The van der Waals surface area contributed by atoms with Gasteiger partial charge in [0, 0.05) is 37.2 Å². The van der Waals surface area contributed by atoms with Gasteiger partial charge in [-0.2, -0.15) is 0 Å². The minimum Gasteiger partial charge on any atom is -0.469 e. The number of hydrogen-bond acceptors (Lipinski definition) is 5. The molecule has 0 bridgehead atoms. The summed E-state index contributed by atoms with van der Waals surface area (Å²) in [5.41, 5.74) is 1.01. The third-order valence-electron chi connectivity index (χ3n) is 3.56. The molecule has 1 saturated heterocycles. The zero-order valence-electron chi connectivity index (χ0n) is 11.9. The zero-order valence-corrected chi connectivity index (χ0v) is 13.5. The summed E-state index contributed by atoms with van der Waals surface area (Å²) in [4.78, 5) is 20.3. The fourth-order valence-electron chi connectivity index (χ4n) is 2.26. The van der Waals surface area contributed by atoms with Crippen molar-refractivity contribution in [2.45, 2.75) is 13.3 Å². The molecule has 0 spiro atoms. The van der Waals surface area contributed by atoms with Crippen molar-refractivity contribution in [2.24, 2.45) is 0 Å². The Bertz CT molecular complexity index is 473. The van der Waals surface area contributed by atoms with E-state index >= 15 is 0 Å². The number of anilines is 1. The van der Waals surface area contributed by atoms with Crippen LogP contribution in [0.5, 0.6) is 0 Å². The molecule has 0 unspecified atom stereocenters.